The Kier molecular flexibility index (Phi) is 5.05. The van der Waals surface area contributed by atoms with Gasteiger partial charge in [-0.25, -0.2) is 14.4 Å². The standard InChI is InChI=1S/C21H13Cl2FN4O/c22-15-3-1-2-14(19(15)23)20(29)27-18-9-12(4-6-16(18)24)11-5-7-17-13(8-11)10-26-21(25)28-17/h1-10H,(H,27,29)(H2,25,26,28). The van der Waals surface area contributed by atoms with Crippen molar-refractivity contribution in [2.45, 2.75) is 0 Å². The molecule has 0 unspecified atom stereocenters. The number of benzene rings is 3. The van der Waals surface area contributed by atoms with E-state index in [0.717, 1.165) is 10.9 Å². The zero-order valence-electron chi connectivity index (χ0n) is 14.8. The molecule has 5 nitrogen and oxygen atoms in total. The number of hydrogen-bond donors (Lipinski definition) is 2. The smallest absolute Gasteiger partial charge is 0.257 e. The number of anilines is 2. The molecule has 3 aromatic carbocycles. The fraction of sp³-hybridized carbons (Fsp3) is 0. The van der Waals surface area contributed by atoms with Crippen molar-refractivity contribution in [2.24, 2.45) is 0 Å². The highest BCUT2D eigenvalue weighted by Gasteiger charge is 2.15. The molecule has 1 heterocycles. The summed E-state index contributed by atoms with van der Waals surface area (Å²) in [5, 5.41) is 3.69. The molecule has 0 bridgehead atoms. The molecule has 29 heavy (non-hydrogen) atoms. The number of rotatable bonds is 3. The number of carbonyl (C=O) groups excluding carboxylic acids is 1. The average molecular weight is 427 g/mol. The summed E-state index contributed by atoms with van der Waals surface area (Å²) in [4.78, 5) is 20.7. The topological polar surface area (TPSA) is 80.9 Å². The van der Waals surface area contributed by atoms with Crippen molar-refractivity contribution >= 4 is 51.6 Å². The third-order valence-corrected chi connectivity index (χ3v) is 5.16. The highest BCUT2D eigenvalue weighted by molar-refractivity contribution is 6.44. The molecule has 0 saturated heterocycles. The first-order chi connectivity index (χ1) is 13.9. The molecule has 0 spiro atoms. The SMILES string of the molecule is Nc1ncc2cc(-c3ccc(F)c(NC(=O)c4cccc(Cl)c4Cl)c3)ccc2n1. The third kappa shape index (κ3) is 3.85. The van der Waals surface area contributed by atoms with Gasteiger partial charge in [-0.05, 0) is 47.5 Å². The highest BCUT2D eigenvalue weighted by Crippen LogP contribution is 2.29. The first-order valence-corrected chi connectivity index (χ1v) is 9.25. The van der Waals surface area contributed by atoms with Crippen molar-refractivity contribution in [3.05, 3.63) is 82.2 Å². The van der Waals surface area contributed by atoms with Crippen LogP contribution in [0.2, 0.25) is 10.0 Å². The number of nitrogen functional groups attached to an aromatic ring is 1. The van der Waals surface area contributed by atoms with Crippen molar-refractivity contribution < 1.29 is 9.18 Å². The summed E-state index contributed by atoms with van der Waals surface area (Å²) in [6.07, 6.45) is 1.62. The molecule has 1 aromatic heterocycles. The molecular weight excluding hydrogens is 414 g/mol. The molecule has 0 saturated carbocycles. The summed E-state index contributed by atoms with van der Waals surface area (Å²) >= 11 is 12.0. The van der Waals surface area contributed by atoms with Crippen LogP contribution in [-0.2, 0) is 0 Å². The molecule has 0 radical (unpaired) electrons. The van der Waals surface area contributed by atoms with E-state index in [4.69, 9.17) is 28.9 Å². The van der Waals surface area contributed by atoms with E-state index in [1.807, 2.05) is 12.1 Å². The first-order valence-electron chi connectivity index (χ1n) is 8.50. The van der Waals surface area contributed by atoms with Crippen molar-refractivity contribution in [3.63, 3.8) is 0 Å². The maximum absolute atomic E-state index is 14.3. The van der Waals surface area contributed by atoms with Crippen molar-refractivity contribution in [3.8, 4) is 11.1 Å². The van der Waals surface area contributed by atoms with Gasteiger partial charge < -0.3 is 11.1 Å². The number of nitrogens with zero attached hydrogens (tertiary/aromatic N) is 2. The van der Waals surface area contributed by atoms with E-state index in [2.05, 4.69) is 15.3 Å². The lowest BCUT2D eigenvalue weighted by molar-refractivity contribution is 0.102. The summed E-state index contributed by atoms with van der Waals surface area (Å²) in [6.45, 7) is 0. The number of carbonyl (C=O) groups is 1. The van der Waals surface area contributed by atoms with Crippen LogP contribution >= 0.6 is 23.2 Å². The largest absolute Gasteiger partial charge is 0.368 e. The fourth-order valence-electron chi connectivity index (χ4n) is 2.90. The van der Waals surface area contributed by atoms with Crippen LogP contribution in [0, 0.1) is 5.82 Å². The Morgan fingerprint density at radius 2 is 1.79 bits per heavy atom. The number of nitrogens with two attached hydrogens (primary N) is 1. The second-order valence-electron chi connectivity index (χ2n) is 6.25. The van der Waals surface area contributed by atoms with Gasteiger partial charge in [0.2, 0.25) is 5.95 Å². The second kappa shape index (κ2) is 7.66. The van der Waals surface area contributed by atoms with Gasteiger partial charge in [0.05, 0.1) is 26.8 Å². The maximum atomic E-state index is 14.3. The highest BCUT2D eigenvalue weighted by atomic mass is 35.5. The van der Waals surface area contributed by atoms with E-state index in [1.165, 1.54) is 12.1 Å². The van der Waals surface area contributed by atoms with Crippen molar-refractivity contribution in [2.75, 3.05) is 11.1 Å². The summed E-state index contributed by atoms with van der Waals surface area (Å²) in [6, 6.07) is 14.6. The van der Waals surface area contributed by atoms with Gasteiger partial charge in [-0.2, -0.15) is 0 Å². The molecular formula is C21H13Cl2FN4O. The molecule has 3 N–H and O–H groups in total. The van der Waals surface area contributed by atoms with E-state index >= 15 is 0 Å². The number of fused-ring (bicyclic) bond motifs is 1. The predicted octanol–water partition coefficient (Wildman–Crippen LogP) is 5.58. The summed E-state index contributed by atoms with van der Waals surface area (Å²) in [5.41, 5.74) is 8.00. The molecule has 4 aromatic rings. The first kappa shape index (κ1) is 19.1. The van der Waals surface area contributed by atoms with Crippen LogP contribution in [-0.4, -0.2) is 15.9 Å². The number of nitrogens with one attached hydrogen (secondary N) is 1. The summed E-state index contributed by atoms with van der Waals surface area (Å²) in [5.74, 6) is -0.940. The molecule has 0 aliphatic carbocycles. The zero-order valence-corrected chi connectivity index (χ0v) is 16.3. The Morgan fingerprint density at radius 1 is 1.03 bits per heavy atom. The van der Waals surface area contributed by atoms with Crippen LogP contribution in [0.15, 0.2) is 60.8 Å². The van der Waals surface area contributed by atoms with E-state index < -0.39 is 11.7 Å². The third-order valence-electron chi connectivity index (χ3n) is 4.34. The Balaban J connectivity index is 1.68. The number of amides is 1. The van der Waals surface area contributed by atoms with Crippen LogP contribution in [0.1, 0.15) is 10.4 Å². The lowest BCUT2D eigenvalue weighted by Gasteiger charge is -2.11. The van der Waals surface area contributed by atoms with E-state index in [0.29, 0.717) is 11.1 Å². The van der Waals surface area contributed by atoms with Gasteiger partial charge in [0, 0.05) is 11.6 Å². The van der Waals surface area contributed by atoms with Gasteiger partial charge in [-0.3, -0.25) is 4.79 Å². The molecule has 0 fully saturated rings. The maximum Gasteiger partial charge on any atom is 0.257 e. The molecule has 0 aliphatic rings. The van der Waals surface area contributed by atoms with Crippen LogP contribution in [0.3, 0.4) is 0 Å². The predicted molar refractivity (Wildman–Crippen MR) is 114 cm³/mol. The quantitative estimate of drug-likeness (QED) is 0.448. The minimum Gasteiger partial charge on any atom is -0.368 e. The van der Waals surface area contributed by atoms with E-state index in [9.17, 15) is 9.18 Å². The Labute approximate surface area is 175 Å². The normalized spacial score (nSPS) is 10.9. The van der Waals surface area contributed by atoms with E-state index in [1.54, 1.807) is 36.5 Å². The van der Waals surface area contributed by atoms with Gasteiger partial charge in [-0.15, -0.1) is 0 Å². The molecule has 144 valence electrons. The number of aromatic nitrogens is 2. The number of hydrogen-bond acceptors (Lipinski definition) is 4. The lowest BCUT2D eigenvalue weighted by Crippen LogP contribution is -2.13. The summed E-state index contributed by atoms with van der Waals surface area (Å²) in [7, 11) is 0. The van der Waals surface area contributed by atoms with Crippen molar-refractivity contribution in [1.82, 2.24) is 9.97 Å². The number of halogens is 3. The van der Waals surface area contributed by atoms with Crippen LogP contribution < -0.4 is 11.1 Å². The molecule has 8 heteroatoms. The van der Waals surface area contributed by atoms with Crippen molar-refractivity contribution in [1.29, 1.82) is 0 Å². The van der Waals surface area contributed by atoms with Gasteiger partial charge in [0.1, 0.15) is 5.82 Å². The van der Waals surface area contributed by atoms with Gasteiger partial charge >= 0.3 is 0 Å². The fourth-order valence-corrected chi connectivity index (χ4v) is 3.28. The minimum atomic E-state index is -0.572. The van der Waals surface area contributed by atoms with E-state index in [-0.39, 0.29) is 27.2 Å². The molecule has 0 atom stereocenters. The monoisotopic (exact) mass is 426 g/mol. The van der Waals surface area contributed by atoms with Crippen LogP contribution in [0.5, 0.6) is 0 Å². The molecule has 0 aliphatic heterocycles. The van der Waals surface area contributed by atoms with Crippen LogP contribution in [0.25, 0.3) is 22.0 Å². The summed E-state index contributed by atoms with van der Waals surface area (Å²) < 4.78 is 14.3. The lowest BCUT2D eigenvalue weighted by atomic mass is 10.0. The molecule has 4 rings (SSSR count). The average Bonchev–Trinajstić information content (AvgIpc) is 2.71. The van der Waals surface area contributed by atoms with Gasteiger partial charge in [0.15, 0.2) is 0 Å². The van der Waals surface area contributed by atoms with Gasteiger partial charge in [0.25, 0.3) is 5.91 Å². The Hall–Kier alpha value is -3.22. The minimum absolute atomic E-state index is 0.0252. The Morgan fingerprint density at radius 3 is 2.62 bits per heavy atom. The zero-order chi connectivity index (χ0) is 20.5. The van der Waals surface area contributed by atoms with Crippen LogP contribution in [0.4, 0.5) is 16.0 Å². The molecule has 1 amide bonds. The second-order valence-corrected chi connectivity index (χ2v) is 7.04. The Bertz CT molecular complexity index is 1260. The van der Waals surface area contributed by atoms with Gasteiger partial charge in [-0.1, -0.05) is 41.4 Å².